The van der Waals surface area contributed by atoms with Crippen LogP contribution >= 0.6 is 0 Å². The molecule has 0 heterocycles. The lowest BCUT2D eigenvalue weighted by Crippen LogP contribution is -2.56. The van der Waals surface area contributed by atoms with Crippen molar-refractivity contribution in [3.63, 3.8) is 0 Å². The lowest BCUT2D eigenvalue weighted by atomic mass is 9.76. The molecule has 1 aliphatic carbocycles. The third-order valence-corrected chi connectivity index (χ3v) is 3.99. The van der Waals surface area contributed by atoms with Gasteiger partial charge in [-0.15, -0.1) is 0 Å². The van der Waals surface area contributed by atoms with Gasteiger partial charge in [0.2, 0.25) is 5.91 Å². The molecular weight excluding hydrogens is 250 g/mol. The molecule has 0 saturated heterocycles. The number of rotatable bonds is 3. The first-order valence-corrected chi connectivity index (χ1v) is 7.10. The lowest BCUT2D eigenvalue weighted by Gasteiger charge is -2.35. The topological polar surface area (TPSA) is 78.9 Å². The smallest absolute Gasteiger partial charge is 0.240 e. The zero-order valence-corrected chi connectivity index (χ0v) is 11.9. The summed E-state index contributed by atoms with van der Waals surface area (Å²) in [6.07, 6.45) is 3.66. The van der Waals surface area contributed by atoms with E-state index in [1.54, 1.807) is 12.1 Å². The zero-order chi connectivity index (χ0) is 14.6. The molecule has 4 heteroatoms. The Balaban J connectivity index is 1.96. The minimum Gasteiger partial charge on any atom is -0.350 e. The van der Waals surface area contributed by atoms with Gasteiger partial charge in [0.25, 0.3) is 0 Å². The molecule has 0 radical (unpaired) electrons. The SMILES string of the molecule is CC1CCCC(N)(C(=O)NCc2cccc(C#N)c2)C1. The molecule has 20 heavy (non-hydrogen) atoms. The molecule has 1 aromatic rings. The summed E-state index contributed by atoms with van der Waals surface area (Å²) in [6.45, 7) is 2.56. The van der Waals surface area contributed by atoms with Gasteiger partial charge in [-0.05, 0) is 36.5 Å². The van der Waals surface area contributed by atoms with Crippen LogP contribution in [-0.4, -0.2) is 11.4 Å². The van der Waals surface area contributed by atoms with Crippen molar-refractivity contribution in [2.45, 2.75) is 44.7 Å². The monoisotopic (exact) mass is 271 g/mol. The van der Waals surface area contributed by atoms with Crippen molar-refractivity contribution in [1.29, 1.82) is 5.26 Å². The zero-order valence-electron chi connectivity index (χ0n) is 11.9. The second kappa shape index (κ2) is 6.06. The molecule has 106 valence electrons. The van der Waals surface area contributed by atoms with Gasteiger partial charge in [0, 0.05) is 6.54 Å². The highest BCUT2D eigenvalue weighted by Gasteiger charge is 2.37. The Morgan fingerprint density at radius 1 is 1.60 bits per heavy atom. The Kier molecular flexibility index (Phi) is 4.41. The van der Waals surface area contributed by atoms with Crippen LogP contribution in [0.3, 0.4) is 0 Å². The number of nitriles is 1. The minimum atomic E-state index is -0.732. The molecule has 0 aromatic heterocycles. The number of carbonyl (C=O) groups is 1. The van der Waals surface area contributed by atoms with E-state index in [2.05, 4.69) is 18.3 Å². The van der Waals surface area contributed by atoms with Crippen molar-refractivity contribution in [3.8, 4) is 6.07 Å². The number of amides is 1. The number of benzene rings is 1. The second-order valence-corrected chi connectivity index (χ2v) is 5.85. The summed E-state index contributed by atoms with van der Waals surface area (Å²) in [5.74, 6) is 0.424. The van der Waals surface area contributed by atoms with Gasteiger partial charge in [0.1, 0.15) is 0 Å². The van der Waals surface area contributed by atoms with Gasteiger partial charge in [-0.25, -0.2) is 0 Å². The van der Waals surface area contributed by atoms with E-state index in [1.807, 2.05) is 12.1 Å². The van der Waals surface area contributed by atoms with E-state index in [4.69, 9.17) is 11.0 Å². The van der Waals surface area contributed by atoms with Crippen LogP contribution in [0.1, 0.15) is 43.7 Å². The Labute approximate surface area is 120 Å². The quantitative estimate of drug-likeness (QED) is 0.883. The van der Waals surface area contributed by atoms with Gasteiger partial charge in [-0.2, -0.15) is 5.26 Å². The summed E-state index contributed by atoms with van der Waals surface area (Å²) in [6, 6.07) is 9.34. The summed E-state index contributed by atoms with van der Waals surface area (Å²) in [5, 5.41) is 11.8. The molecule has 1 aromatic carbocycles. The summed E-state index contributed by atoms with van der Waals surface area (Å²) in [4.78, 5) is 12.3. The van der Waals surface area contributed by atoms with Gasteiger partial charge in [0.15, 0.2) is 0 Å². The lowest BCUT2D eigenvalue weighted by molar-refractivity contribution is -0.128. The predicted molar refractivity (Wildman–Crippen MR) is 77.6 cm³/mol. The molecule has 0 bridgehead atoms. The van der Waals surface area contributed by atoms with Gasteiger partial charge >= 0.3 is 0 Å². The maximum Gasteiger partial charge on any atom is 0.240 e. The standard InChI is InChI=1S/C16H21N3O/c1-12-4-3-7-16(18,9-12)15(20)19-11-14-6-2-5-13(8-14)10-17/h2,5-6,8,12H,3-4,7,9,11,18H2,1H3,(H,19,20). The third kappa shape index (κ3) is 3.37. The van der Waals surface area contributed by atoms with Crippen molar-refractivity contribution < 1.29 is 4.79 Å². The van der Waals surface area contributed by atoms with Crippen LogP contribution in [0, 0.1) is 17.2 Å². The summed E-state index contributed by atoms with van der Waals surface area (Å²) in [7, 11) is 0. The van der Waals surface area contributed by atoms with Crippen molar-refractivity contribution in [2.75, 3.05) is 0 Å². The van der Waals surface area contributed by atoms with Crippen LogP contribution in [-0.2, 0) is 11.3 Å². The maximum absolute atomic E-state index is 12.3. The van der Waals surface area contributed by atoms with E-state index in [9.17, 15) is 4.79 Å². The molecule has 3 N–H and O–H groups in total. The fourth-order valence-electron chi connectivity index (χ4n) is 2.91. The van der Waals surface area contributed by atoms with Crippen molar-refractivity contribution in [3.05, 3.63) is 35.4 Å². The average Bonchev–Trinajstić information content (AvgIpc) is 2.44. The molecular formula is C16H21N3O. The number of nitrogens with two attached hydrogens (primary N) is 1. The van der Waals surface area contributed by atoms with Crippen LogP contribution in [0.4, 0.5) is 0 Å². The van der Waals surface area contributed by atoms with Gasteiger partial charge in [-0.3, -0.25) is 4.79 Å². The molecule has 2 atom stereocenters. The van der Waals surface area contributed by atoms with Crippen LogP contribution in [0.5, 0.6) is 0 Å². The highest BCUT2D eigenvalue weighted by atomic mass is 16.2. The largest absolute Gasteiger partial charge is 0.350 e. The van der Waals surface area contributed by atoms with Gasteiger partial charge < -0.3 is 11.1 Å². The average molecular weight is 271 g/mol. The Bertz CT molecular complexity index is 535. The van der Waals surface area contributed by atoms with E-state index in [0.717, 1.165) is 31.2 Å². The second-order valence-electron chi connectivity index (χ2n) is 5.85. The first-order chi connectivity index (χ1) is 9.53. The molecule has 1 saturated carbocycles. The summed E-state index contributed by atoms with van der Waals surface area (Å²) < 4.78 is 0. The molecule has 1 amide bonds. The van der Waals surface area contributed by atoms with Crippen molar-refractivity contribution in [2.24, 2.45) is 11.7 Å². The Hall–Kier alpha value is -1.86. The highest BCUT2D eigenvalue weighted by molar-refractivity contribution is 5.86. The van der Waals surface area contributed by atoms with E-state index < -0.39 is 5.54 Å². The first-order valence-electron chi connectivity index (χ1n) is 7.10. The number of nitrogens with zero attached hydrogens (tertiary/aromatic N) is 1. The number of nitrogens with one attached hydrogen (secondary N) is 1. The minimum absolute atomic E-state index is 0.0774. The fourth-order valence-corrected chi connectivity index (χ4v) is 2.91. The van der Waals surface area contributed by atoms with Gasteiger partial charge in [0.05, 0.1) is 17.2 Å². The Morgan fingerprint density at radius 2 is 2.40 bits per heavy atom. The van der Waals surface area contributed by atoms with Crippen molar-refractivity contribution >= 4 is 5.91 Å². The molecule has 1 fully saturated rings. The van der Waals surface area contributed by atoms with E-state index in [1.165, 1.54) is 0 Å². The van der Waals surface area contributed by atoms with E-state index in [-0.39, 0.29) is 5.91 Å². The normalized spacial score (nSPS) is 25.8. The summed E-state index contributed by atoms with van der Waals surface area (Å²) in [5.41, 5.74) is 7.04. The summed E-state index contributed by atoms with van der Waals surface area (Å²) >= 11 is 0. The van der Waals surface area contributed by atoms with E-state index in [0.29, 0.717) is 18.0 Å². The first kappa shape index (κ1) is 14.5. The molecule has 2 unspecified atom stereocenters. The van der Waals surface area contributed by atoms with Crippen LogP contribution in [0.15, 0.2) is 24.3 Å². The van der Waals surface area contributed by atoms with Crippen LogP contribution in [0.25, 0.3) is 0 Å². The Morgan fingerprint density at radius 3 is 3.10 bits per heavy atom. The third-order valence-electron chi connectivity index (χ3n) is 3.99. The molecule has 0 aliphatic heterocycles. The number of carbonyl (C=O) groups excluding carboxylic acids is 1. The van der Waals surface area contributed by atoms with E-state index >= 15 is 0 Å². The number of hydrogen-bond donors (Lipinski definition) is 2. The predicted octanol–water partition coefficient (Wildman–Crippen LogP) is 2.08. The molecule has 4 nitrogen and oxygen atoms in total. The highest BCUT2D eigenvalue weighted by Crippen LogP contribution is 2.30. The number of hydrogen-bond acceptors (Lipinski definition) is 3. The molecule has 2 rings (SSSR count). The van der Waals surface area contributed by atoms with Crippen LogP contribution < -0.4 is 11.1 Å². The van der Waals surface area contributed by atoms with Crippen molar-refractivity contribution in [1.82, 2.24) is 5.32 Å². The van der Waals surface area contributed by atoms with Gasteiger partial charge in [-0.1, -0.05) is 31.9 Å². The molecule has 1 aliphatic rings. The molecule has 0 spiro atoms. The van der Waals surface area contributed by atoms with Crippen LogP contribution in [0.2, 0.25) is 0 Å². The fraction of sp³-hybridized carbons (Fsp3) is 0.500. The maximum atomic E-state index is 12.3.